The van der Waals surface area contributed by atoms with Gasteiger partial charge in [-0.25, -0.2) is 4.79 Å². The molecule has 5 atom stereocenters. The van der Waals surface area contributed by atoms with Gasteiger partial charge in [0, 0.05) is 18.2 Å². The topological polar surface area (TPSA) is 176 Å². The molecule has 0 saturated carbocycles. The van der Waals surface area contributed by atoms with Gasteiger partial charge in [0.15, 0.2) is 11.5 Å². The van der Waals surface area contributed by atoms with Crippen LogP contribution in [0.1, 0.15) is 6.92 Å². The normalized spacial score (nSPS) is 24.6. The Morgan fingerprint density at radius 1 is 1.00 bits per heavy atom. The van der Waals surface area contributed by atoms with Gasteiger partial charge in [0.2, 0.25) is 6.29 Å². The molecule has 0 aliphatic carbocycles. The molecule has 0 unspecified atom stereocenters. The van der Waals surface area contributed by atoms with Crippen molar-refractivity contribution < 1.29 is 49.0 Å². The summed E-state index contributed by atoms with van der Waals surface area (Å²) in [7, 11) is 0. The number of phenols is 2. The third kappa shape index (κ3) is 4.29. The van der Waals surface area contributed by atoms with Gasteiger partial charge in [-0.1, -0.05) is 12.1 Å². The quantitative estimate of drug-likeness (QED) is 0.328. The van der Waals surface area contributed by atoms with Gasteiger partial charge in [-0.2, -0.15) is 0 Å². The number of ether oxygens (including phenoxy) is 3. The van der Waals surface area contributed by atoms with Gasteiger partial charge >= 0.3 is 5.97 Å². The number of fused-ring (bicyclic) bond motifs is 1. The highest BCUT2D eigenvalue weighted by Gasteiger charge is 2.48. The number of esters is 1. The summed E-state index contributed by atoms with van der Waals surface area (Å²) < 4.78 is 21.4. The number of carbonyl (C=O) groups is 1. The van der Waals surface area contributed by atoms with Crippen LogP contribution < -0.4 is 10.2 Å². The van der Waals surface area contributed by atoms with Crippen LogP contribution in [0.25, 0.3) is 22.3 Å². The second-order valence-corrected chi connectivity index (χ2v) is 7.57. The molecule has 11 heteroatoms. The number of aromatic hydroxyl groups is 2. The van der Waals surface area contributed by atoms with Crippen molar-refractivity contribution in [3.8, 4) is 28.6 Å². The average Bonchev–Trinajstić information content (AvgIpc) is 2.79. The molecule has 0 spiro atoms. The Hall–Kier alpha value is -3.64. The number of aliphatic hydroxyl groups excluding tert-OH is 3. The maximum atomic E-state index is 12.6. The predicted molar refractivity (Wildman–Crippen MR) is 115 cm³/mol. The molecule has 1 saturated heterocycles. The van der Waals surface area contributed by atoms with Crippen molar-refractivity contribution in [1.82, 2.24) is 0 Å². The van der Waals surface area contributed by atoms with Gasteiger partial charge in [0.25, 0.3) is 0 Å². The first-order valence-electron chi connectivity index (χ1n) is 10.3. The van der Waals surface area contributed by atoms with Crippen LogP contribution >= 0.6 is 0 Å². The molecule has 0 radical (unpaired) electrons. The molecule has 11 nitrogen and oxygen atoms in total. The minimum absolute atomic E-state index is 0.00747. The van der Waals surface area contributed by atoms with E-state index in [0.717, 1.165) is 12.1 Å². The van der Waals surface area contributed by atoms with Crippen molar-refractivity contribution in [2.75, 3.05) is 6.61 Å². The van der Waals surface area contributed by atoms with Crippen LogP contribution in [0, 0.1) is 0 Å². The fourth-order valence-electron chi connectivity index (χ4n) is 3.62. The number of para-hydroxylation sites is 1. The van der Waals surface area contributed by atoms with Gasteiger partial charge in [-0.3, -0.25) is 4.79 Å². The van der Waals surface area contributed by atoms with Crippen molar-refractivity contribution >= 4 is 16.9 Å². The van der Waals surface area contributed by atoms with Crippen LogP contribution in [0.4, 0.5) is 0 Å². The Kier molecular flexibility index (Phi) is 6.44. The van der Waals surface area contributed by atoms with E-state index in [1.54, 1.807) is 19.1 Å². The summed E-state index contributed by atoms with van der Waals surface area (Å²) in [6.45, 7) is 1.54. The van der Waals surface area contributed by atoms with Gasteiger partial charge in [-0.05, 0) is 19.1 Å². The molecule has 1 aromatic heterocycles. The Morgan fingerprint density at radius 3 is 2.44 bits per heavy atom. The van der Waals surface area contributed by atoms with Crippen molar-refractivity contribution in [2.45, 2.75) is 37.6 Å². The van der Waals surface area contributed by atoms with Gasteiger partial charge in [-0.15, -0.1) is 0 Å². The van der Waals surface area contributed by atoms with Gasteiger partial charge in [0.1, 0.15) is 52.3 Å². The lowest BCUT2D eigenvalue weighted by Gasteiger charge is -2.38. The SMILES string of the molecule is CCOC(=O)[C@H]1O[C@@H](Oc2cc(O)c3c(=O)cc(-c4ccccc4O)oc3c2)[C@H](O)[C@@H](O)[C@@H]1O. The molecular weight excluding hydrogens is 452 g/mol. The largest absolute Gasteiger partial charge is 0.507 e. The minimum atomic E-state index is -1.80. The van der Waals surface area contributed by atoms with Crippen LogP contribution in [0.2, 0.25) is 0 Å². The summed E-state index contributed by atoms with van der Waals surface area (Å²) in [6, 6.07) is 9.59. The van der Waals surface area contributed by atoms with E-state index < -0.39 is 47.9 Å². The highest BCUT2D eigenvalue weighted by Crippen LogP contribution is 2.35. The van der Waals surface area contributed by atoms with Crippen LogP contribution in [0.15, 0.2) is 51.7 Å². The molecule has 4 rings (SSSR count). The lowest BCUT2D eigenvalue weighted by Crippen LogP contribution is -2.61. The first-order chi connectivity index (χ1) is 16.2. The summed E-state index contributed by atoms with van der Waals surface area (Å²) >= 11 is 0. The van der Waals surface area contributed by atoms with Crippen molar-refractivity contribution in [1.29, 1.82) is 0 Å². The first-order valence-corrected chi connectivity index (χ1v) is 10.3. The molecule has 1 fully saturated rings. The van der Waals surface area contributed by atoms with Crippen LogP contribution in [-0.2, 0) is 14.3 Å². The molecule has 34 heavy (non-hydrogen) atoms. The molecule has 0 bridgehead atoms. The number of carbonyl (C=O) groups excluding carboxylic acids is 1. The molecule has 1 aliphatic heterocycles. The number of hydrogen-bond acceptors (Lipinski definition) is 11. The van der Waals surface area contributed by atoms with Gasteiger partial charge < -0.3 is 44.2 Å². The fourth-order valence-corrected chi connectivity index (χ4v) is 3.62. The molecule has 0 amide bonds. The lowest BCUT2D eigenvalue weighted by atomic mass is 9.99. The highest BCUT2D eigenvalue weighted by molar-refractivity contribution is 5.86. The number of rotatable bonds is 5. The maximum absolute atomic E-state index is 12.6. The monoisotopic (exact) mass is 474 g/mol. The first kappa shape index (κ1) is 23.5. The molecule has 2 aromatic carbocycles. The number of aliphatic hydroxyl groups is 3. The summed E-state index contributed by atoms with van der Waals surface area (Å²) in [5.74, 6) is -1.70. The Morgan fingerprint density at radius 2 is 1.74 bits per heavy atom. The average molecular weight is 474 g/mol. The Bertz CT molecular complexity index is 1270. The number of phenolic OH excluding ortho intramolecular Hbond substituents is 2. The van der Waals surface area contributed by atoms with E-state index in [1.165, 1.54) is 18.2 Å². The van der Waals surface area contributed by atoms with E-state index in [4.69, 9.17) is 18.6 Å². The molecule has 2 heterocycles. The second-order valence-electron chi connectivity index (χ2n) is 7.57. The van der Waals surface area contributed by atoms with E-state index in [9.17, 15) is 35.1 Å². The van der Waals surface area contributed by atoms with E-state index in [1.807, 2.05) is 0 Å². The lowest BCUT2D eigenvalue weighted by molar-refractivity contribution is -0.272. The highest BCUT2D eigenvalue weighted by atomic mass is 16.7. The summed E-state index contributed by atoms with van der Waals surface area (Å²) in [5.41, 5.74) is -0.445. The molecule has 5 N–H and O–H groups in total. The predicted octanol–water partition coefficient (Wildman–Crippen LogP) is 0.621. The zero-order chi connectivity index (χ0) is 24.6. The second kappa shape index (κ2) is 9.31. The minimum Gasteiger partial charge on any atom is -0.507 e. The van der Waals surface area contributed by atoms with Crippen LogP contribution in [0.3, 0.4) is 0 Å². The molecule has 3 aromatic rings. The third-order valence-corrected chi connectivity index (χ3v) is 5.29. The number of benzene rings is 2. The maximum Gasteiger partial charge on any atom is 0.338 e. The van der Waals surface area contributed by atoms with E-state index in [0.29, 0.717) is 0 Å². The van der Waals surface area contributed by atoms with Crippen molar-refractivity contribution in [3.63, 3.8) is 0 Å². The summed E-state index contributed by atoms with van der Waals surface area (Å²) in [6.07, 6.45) is -8.61. The van der Waals surface area contributed by atoms with E-state index in [2.05, 4.69) is 0 Å². The molecule has 180 valence electrons. The molecule has 1 aliphatic rings. The van der Waals surface area contributed by atoms with Crippen molar-refractivity contribution in [2.24, 2.45) is 0 Å². The Labute approximate surface area is 192 Å². The fraction of sp³-hybridized carbons (Fsp3) is 0.304. The van der Waals surface area contributed by atoms with E-state index >= 15 is 0 Å². The smallest absolute Gasteiger partial charge is 0.338 e. The summed E-state index contributed by atoms with van der Waals surface area (Å²) in [4.78, 5) is 24.7. The summed E-state index contributed by atoms with van der Waals surface area (Å²) in [5, 5.41) is 50.8. The zero-order valence-electron chi connectivity index (χ0n) is 17.8. The van der Waals surface area contributed by atoms with E-state index in [-0.39, 0.29) is 40.4 Å². The third-order valence-electron chi connectivity index (χ3n) is 5.29. The Balaban J connectivity index is 1.70. The zero-order valence-corrected chi connectivity index (χ0v) is 17.8. The standard InChI is InChI=1S/C23H22O11/c1-2-31-22(30)21-19(28)18(27)20(29)23(34-21)32-10-7-13(25)17-14(26)9-15(33-16(17)8-10)11-5-3-4-6-12(11)24/h3-9,18-21,23-25,27-29H,2H2,1H3/t18-,19-,20+,21-,23+/m0/s1. The van der Waals surface area contributed by atoms with Crippen LogP contribution in [0.5, 0.6) is 17.2 Å². The van der Waals surface area contributed by atoms with Crippen molar-refractivity contribution in [3.05, 3.63) is 52.7 Å². The van der Waals surface area contributed by atoms with Gasteiger partial charge in [0.05, 0.1) is 12.2 Å². The van der Waals surface area contributed by atoms with Crippen LogP contribution in [-0.4, -0.2) is 68.8 Å². The number of hydrogen-bond donors (Lipinski definition) is 5. The molecular formula is C23H22O11.